The minimum absolute atomic E-state index is 0.421. The zero-order chi connectivity index (χ0) is 16.1. The van der Waals surface area contributed by atoms with E-state index in [9.17, 15) is 9.59 Å². The van der Waals surface area contributed by atoms with Gasteiger partial charge >= 0.3 is 11.9 Å². The summed E-state index contributed by atoms with van der Waals surface area (Å²) in [5.74, 6) is 1.20. The largest absolute Gasteiger partial charge is 0.456 e. The Kier molecular flexibility index (Phi) is 3.96. The van der Waals surface area contributed by atoms with Crippen LogP contribution in [0.15, 0.2) is 0 Å². The molecule has 4 saturated carbocycles. The molecule has 0 aromatic carbocycles. The molecule has 4 fully saturated rings. The molecule has 2 unspecified atom stereocenters. The first-order chi connectivity index (χ1) is 10.3. The summed E-state index contributed by atoms with van der Waals surface area (Å²) < 4.78 is 10.8. The van der Waals surface area contributed by atoms with Gasteiger partial charge in [-0.25, -0.2) is 9.59 Å². The van der Waals surface area contributed by atoms with Gasteiger partial charge in [0, 0.05) is 0 Å². The molecule has 5 heteroatoms. The van der Waals surface area contributed by atoms with Crippen LogP contribution in [0.1, 0.15) is 52.9 Å². The van der Waals surface area contributed by atoms with Crippen molar-refractivity contribution in [2.24, 2.45) is 23.7 Å². The molecule has 22 heavy (non-hydrogen) atoms. The second-order valence-corrected chi connectivity index (χ2v) is 7.66. The van der Waals surface area contributed by atoms with E-state index < -0.39 is 29.7 Å². The van der Waals surface area contributed by atoms with Crippen molar-refractivity contribution in [1.82, 2.24) is 0 Å². The van der Waals surface area contributed by atoms with Gasteiger partial charge in [-0.2, -0.15) is 0 Å². The lowest BCUT2D eigenvalue weighted by Crippen LogP contribution is -2.58. The second kappa shape index (κ2) is 5.52. The van der Waals surface area contributed by atoms with Crippen LogP contribution >= 0.6 is 0 Å². The lowest BCUT2D eigenvalue weighted by atomic mass is 9.50. The van der Waals surface area contributed by atoms with Crippen LogP contribution in [0.4, 0.5) is 0 Å². The van der Waals surface area contributed by atoms with Crippen LogP contribution in [-0.4, -0.2) is 34.9 Å². The van der Waals surface area contributed by atoms with E-state index in [0.717, 1.165) is 37.5 Å². The van der Waals surface area contributed by atoms with Gasteiger partial charge in [0.05, 0.1) is 0 Å². The number of aliphatic hydroxyl groups is 1. The molecular formula is C17H26O5. The SMILES string of the molecule is CC(O)C(=O)OC(C)C(=O)OC1(C)C2CC3CC(C2)CC1C3. The number of hydrogen-bond donors (Lipinski definition) is 1. The predicted octanol–water partition coefficient (Wildman–Crippen LogP) is 2.06. The maximum absolute atomic E-state index is 12.3. The highest BCUT2D eigenvalue weighted by molar-refractivity contribution is 5.81. The second-order valence-electron chi connectivity index (χ2n) is 7.66. The molecule has 0 spiro atoms. The normalized spacial score (nSPS) is 41.8. The van der Waals surface area contributed by atoms with E-state index in [1.807, 2.05) is 0 Å². The van der Waals surface area contributed by atoms with Gasteiger partial charge in [-0.1, -0.05) is 0 Å². The van der Waals surface area contributed by atoms with Crippen molar-refractivity contribution in [2.45, 2.75) is 70.7 Å². The third kappa shape index (κ3) is 2.64. The molecular weight excluding hydrogens is 284 g/mol. The van der Waals surface area contributed by atoms with Crippen LogP contribution in [0.5, 0.6) is 0 Å². The molecule has 5 nitrogen and oxygen atoms in total. The monoisotopic (exact) mass is 310 g/mol. The lowest BCUT2D eigenvalue weighted by Gasteiger charge is -2.59. The molecule has 0 saturated heterocycles. The van der Waals surface area contributed by atoms with E-state index in [2.05, 4.69) is 6.92 Å². The van der Waals surface area contributed by atoms with Crippen molar-refractivity contribution >= 4 is 11.9 Å². The van der Waals surface area contributed by atoms with Crippen LogP contribution in [0.2, 0.25) is 0 Å². The summed E-state index contributed by atoms with van der Waals surface area (Å²) in [7, 11) is 0. The van der Waals surface area contributed by atoms with Crippen LogP contribution in [0.3, 0.4) is 0 Å². The van der Waals surface area contributed by atoms with Crippen LogP contribution in [0.25, 0.3) is 0 Å². The van der Waals surface area contributed by atoms with Crippen LogP contribution in [-0.2, 0) is 19.1 Å². The third-order valence-corrected chi connectivity index (χ3v) is 6.05. The first kappa shape index (κ1) is 15.8. The number of rotatable bonds is 4. The fraction of sp³-hybridized carbons (Fsp3) is 0.882. The van der Waals surface area contributed by atoms with Gasteiger partial charge in [0.1, 0.15) is 11.7 Å². The number of esters is 2. The Morgan fingerprint density at radius 2 is 1.50 bits per heavy atom. The van der Waals surface area contributed by atoms with Gasteiger partial charge in [0.2, 0.25) is 0 Å². The summed E-state index contributed by atoms with van der Waals surface area (Å²) in [5, 5.41) is 9.16. The highest BCUT2D eigenvalue weighted by Crippen LogP contribution is 2.59. The molecule has 0 amide bonds. The van der Waals surface area contributed by atoms with E-state index in [1.54, 1.807) is 0 Å². The van der Waals surface area contributed by atoms with E-state index >= 15 is 0 Å². The highest BCUT2D eigenvalue weighted by atomic mass is 16.6. The summed E-state index contributed by atoms with van der Waals surface area (Å²) in [6.45, 7) is 4.88. The molecule has 0 heterocycles. The number of carbonyl (C=O) groups is 2. The highest BCUT2D eigenvalue weighted by Gasteiger charge is 2.57. The van der Waals surface area contributed by atoms with Crippen molar-refractivity contribution in [3.05, 3.63) is 0 Å². The molecule has 2 atom stereocenters. The average molecular weight is 310 g/mol. The summed E-state index contributed by atoms with van der Waals surface area (Å²) in [5.41, 5.74) is -0.421. The molecule has 4 aliphatic rings. The van der Waals surface area contributed by atoms with Gasteiger partial charge in [0.15, 0.2) is 6.10 Å². The van der Waals surface area contributed by atoms with Crippen LogP contribution < -0.4 is 0 Å². The quantitative estimate of drug-likeness (QED) is 0.805. The summed E-state index contributed by atoms with van der Waals surface area (Å²) in [6.07, 6.45) is 3.75. The molecule has 1 N–H and O–H groups in total. The maximum atomic E-state index is 12.3. The summed E-state index contributed by atoms with van der Waals surface area (Å²) in [6, 6.07) is 0. The fourth-order valence-corrected chi connectivity index (χ4v) is 4.91. The van der Waals surface area contributed by atoms with Crippen molar-refractivity contribution < 1.29 is 24.2 Å². The molecule has 124 valence electrons. The van der Waals surface area contributed by atoms with Crippen molar-refractivity contribution in [3.8, 4) is 0 Å². The van der Waals surface area contributed by atoms with Gasteiger partial charge < -0.3 is 14.6 Å². The van der Waals surface area contributed by atoms with Crippen molar-refractivity contribution in [3.63, 3.8) is 0 Å². The first-order valence-electron chi connectivity index (χ1n) is 8.41. The minimum atomic E-state index is -1.23. The van der Waals surface area contributed by atoms with Crippen LogP contribution in [0, 0.1) is 23.7 Å². The number of hydrogen-bond acceptors (Lipinski definition) is 5. The zero-order valence-electron chi connectivity index (χ0n) is 13.6. The molecule has 4 bridgehead atoms. The predicted molar refractivity (Wildman–Crippen MR) is 78.8 cm³/mol. The van der Waals surface area contributed by atoms with E-state index in [4.69, 9.17) is 14.6 Å². The van der Waals surface area contributed by atoms with Gasteiger partial charge in [-0.15, -0.1) is 0 Å². The maximum Gasteiger partial charge on any atom is 0.347 e. The Morgan fingerprint density at radius 3 is 1.95 bits per heavy atom. The Bertz CT molecular complexity index is 442. The van der Waals surface area contributed by atoms with Gasteiger partial charge in [-0.3, -0.25) is 0 Å². The Balaban J connectivity index is 1.64. The Labute approximate surface area is 131 Å². The third-order valence-electron chi connectivity index (χ3n) is 6.05. The molecule has 0 radical (unpaired) electrons. The molecule has 0 aliphatic heterocycles. The summed E-state index contributed by atoms with van der Waals surface area (Å²) >= 11 is 0. The zero-order valence-corrected chi connectivity index (χ0v) is 13.6. The number of aliphatic hydroxyl groups excluding tert-OH is 1. The van der Waals surface area contributed by atoms with E-state index in [-0.39, 0.29) is 0 Å². The Morgan fingerprint density at radius 1 is 1.00 bits per heavy atom. The average Bonchev–Trinajstić information content (AvgIpc) is 2.43. The Hall–Kier alpha value is -1.10. The van der Waals surface area contributed by atoms with E-state index in [0.29, 0.717) is 11.8 Å². The number of carbonyl (C=O) groups excluding carboxylic acids is 2. The fourth-order valence-electron chi connectivity index (χ4n) is 4.91. The molecule has 0 aromatic rings. The standard InChI is InChI=1S/C17H26O5/c1-9(18)15(19)21-10(2)16(20)22-17(3)13-5-11-4-12(7-13)8-14(17)6-11/h9-14,18H,4-8H2,1-3H3. The van der Waals surface area contributed by atoms with Crippen molar-refractivity contribution in [2.75, 3.05) is 0 Å². The summed E-state index contributed by atoms with van der Waals surface area (Å²) in [4.78, 5) is 23.7. The molecule has 4 aliphatic carbocycles. The van der Waals surface area contributed by atoms with Crippen molar-refractivity contribution in [1.29, 1.82) is 0 Å². The van der Waals surface area contributed by atoms with E-state index in [1.165, 1.54) is 20.3 Å². The lowest BCUT2D eigenvalue weighted by molar-refractivity contribution is -0.213. The van der Waals surface area contributed by atoms with Gasteiger partial charge in [0.25, 0.3) is 0 Å². The minimum Gasteiger partial charge on any atom is -0.456 e. The molecule has 0 aromatic heterocycles. The first-order valence-corrected chi connectivity index (χ1v) is 8.41. The number of ether oxygens (including phenoxy) is 2. The topological polar surface area (TPSA) is 72.8 Å². The molecule has 4 rings (SSSR count). The van der Waals surface area contributed by atoms with Gasteiger partial charge in [-0.05, 0) is 76.5 Å². The smallest absolute Gasteiger partial charge is 0.347 e.